The lowest BCUT2D eigenvalue weighted by Gasteiger charge is -2.29. The summed E-state index contributed by atoms with van der Waals surface area (Å²) in [4.78, 5) is 4.69. The van der Waals surface area contributed by atoms with E-state index >= 15 is 0 Å². The summed E-state index contributed by atoms with van der Waals surface area (Å²) >= 11 is 0. The Morgan fingerprint density at radius 3 is 0.920 bits per heavy atom. The van der Waals surface area contributed by atoms with Crippen molar-refractivity contribution in [3.8, 4) is 45.6 Å². The Morgan fingerprint density at radius 1 is 0.287 bits per heavy atom. The highest BCUT2D eigenvalue weighted by atomic mass is 15.1. The van der Waals surface area contributed by atoms with E-state index in [1.165, 1.54) is 49.9 Å². The standard InChI is InChI=1S/C80H59N7/c1-45-13-25-67-57(35-45)58-36-46(2)14-26-68(58)84(67)77-65(43-81)78(85-69-27-15-47(3)37-59(69)60-38-48(4)16-28-70(60)85)80(87-73-31-19-51(7)41-63(73)64-42-52(8)20-32-74(64)87)76(79(77)86-71-29-17-49(5)39-61(71)62-40-50(6)18-30-72(62)86)53-21-23-54(24-22-53)83-66-12-10-9-11-55(66)56-33-34-82-44-75(56)83/h9-42,44H,1-8H3. The average Bonchev–Trinajstić information content (AvgIpc) is 1.65. The number of rotatable bonds is 6. The molecule has 0 saturated carbocycles. The molecule has 11 aromatic carbocycles. The van der Waals surface area contributed by atoms with Gasteiger partial charge in [-0.2, -0.15) is 5.26 Å². The quantitative estimate of drug-likeness (QED) is 0.167. The Bertz CT molecular complexity index is 5350. The third-order valence-corrected chi connectivity index (χ3v) is 18.6. The number of nitriles is 1. The van der Waals surface area contributed by atoms with Crippen molar-refractivity contribution >= 4 is 109 Å². The Balaban J connectivity index is 1.19. The number of benzene rings is 11. The van der Waals surface area contributed by atoms with Gasteiger partial charge < -0.3 is 22.8 Å². The van der Waals surface area contributed by atoms with E-state index < -0.39 is 0 Å². The number of aromatic nitrogens is 6. The van der Waals surface area contributed by atoms with E-state index in [1.807, 2.05) is 12.4 Å². The van der Waals surface area contributed by atoms with Crippen LogP contribution in [-0.4, -0.2) is 27.8 Å². The van der Waals surface area contributed by atoms with Crippen LogP contribution in [0.4, 0.5) is 0 Å². The van der Waals surface area contributed by atoms with Crippen LogP contribution in [0, 0.1) is 66.7 Å². The Morgan fingerprint density at radius 2 is 0.586 bits per heavy atom. The van der Waals surface area contributed by atoms with Crippen molar-refractivity contribution < 1.29 is 0 Å². The SMILES string of the molecule is Cc1ccc2c(c1)c1cc(C)ccc1n2-c1c(C#N)c(-n2c3ccc(C)cc3c3cc(C)ccc32)c(-n2c3ccc(C)cc3c3cc(C)ccc32)c(-c2ccc(-n3c4ccccc4c4ccncc43)cc2)c1-n1c2ccc(C)cc2c2cc(C)ccc21. The van der Waals surface area contributed by atoms with E-state index in [0.29, 0.717) is 5.56 Å². The Hall–Kier alpha value is -10.9. The second-order valence-electron chi connectivity index (χ2n) is 24.6. The van der Waals surface area contributed by atoms with Gasteiger partial charge in [0.15, 0.2) is 0 Å². The first kappa shape index (κ1) is 50.6. The molecule has 0 fully saturated rings. The first-order valence-electron chi connectivity index (χ1n) is 30.1. The number of nitrogens with zero attached hydrogens (tertiary/aromatic N) is 7. The molecule has 0 N–H and O–H groups in total. The molecule has 6 heterocycles. The second-order valence-corrected chi connectivity index (χ2v) is 24.6. The van der Waals surface area contributed by atoms with Crippen LogP contribution in [0.25, 0.3) is 149 Å². The molecule has 0 bridgehead atoms. The smallest absolute Gasteiger partial charge is 0.104 e. The minimum Gasteiger partial charge on any atom is -0.308 e. The fourth-order valence-corrected chi connectivity index (χ4v) is 14.8. The highest BCUT2D eigenvalue weighted by Gasteiger charge is 2.35. The van der Waals surface area contributed by atoms with Crippen molar-refractivity contribution in [2.45, 2.75) is 55.4 Å². The van der Waals surface area contributed by atoms with E-state index in [1.54, 1.807) is 0 Å². The third kappa shape index (κ3) is 7.25. The molecule has 0 spiro atoms. The summed E-state index contributed by atoms with van der Waals surface area (Å²) < 4.78 is 12.2. The van der Waals surface area contributed by atoms with Gasteiger partial charge in [0.25, 0.3) is 0 Å². The molecule has 0 aliphatic rings. The van der Waals surface area contributed by atoms with Crippen LogP contribution in [0.2, 0.25) is 0 Å². The summed E-state index contributed by atoms with van der Waals surface area (Å²) in [6.45, 7) is 17.5. The normalized spacial score (nSPS) is 12.1. The zero-order chi connectivity index (χ0) is 58.8. The Kier molecular flexibility index (Phi) is 10.8. The number of hydrogen-bond acceptors (Lipinski definition) is 2. The van der Waals surface area contributed by atoms with Crippen LogP contribution in [0.15, 0.2) is 213 Å². The molecule has 0 aliphatic carbocycles. The molecule has 0 aliphatic heterocycles. The van der Waals surface area contributed by atoms with Crippen LogP contribution >= 0.6 is 0 Å². The third-order valence-electron chi connectivity index (χ3n) is 18.6. The monoisotopic (exact) mass is 1120 g/mol. The van der Waals surface area contributed by atoms with Gasteiger partial charge in [0.05, 0.1) is 84.1 Å². The summed E-state index contributed by atoms with van der Waals surface area (Å²) in [7, 11) is 0. The van der Waals surface area contributed by atoms with E-state index in [2.05, 4.69) is 284 Å². The maximum absolute atomic E-state index is 13.2. The molecule has 7 heteroatoms. The predicted molar refractivity (Wildman–Crippen MR) is 364 cm³/mol. The van der Waals surface area contributed by atoms with Gasteiger partial charge in [-0.25, -0.2) is 0 Å². The van der Waals surface area contributed by atoms with E-state index in [4.69, 9.17) is 4.98 Å². The highest BCUT2D eigenvalue weighted by Crippen LogP contribution is 2.52. The molecule has 414 valence electrons. The zero-order valence-electron chi connectivity index (χ0n) is 49.8. The van der Waals surface area contributed by atoms with Crippen LogP contribution in [0.5, 0.6) is 0 Å². The lowest BCUT2D eigenvalue weighted by Crippen LogP contribution is -2.16. The van der Waals surface area contributed by atoms with E-state index in [0.717, 1.165) is 143 Å². The van der Waals surface area contributed by atoms with Gasteiger partial charge in [-0.1, -0.05) is 123 Å². The molecule has 6 aromatic heterocycles. The largest absolute Gasteiger partial charge is 0.308 e. The van der Waals surface area contributed by atoms with Crippen molar-refractivity contribution in [2.75, 3.05) is 0 Å². The molecule has 0 unspecified atom stereocenters. The fraction of sp³-hybridized carbons (Fsp3) is 0.100. The molecular weight excluding hydrogens is 1060 g/mol. The van der Waals surface area contributed by atoms with Crippen LogP contribution in [0.3, 0.4) is 0 Å². The van der Waals surface area contributed by atoms with Crippen molar-refractivity contribution in [1.82, 2.24) is 27.8 Å². The summed E-state index contributed by atoms with van der Waals surface area (Å²) in [5, 5.41) is 24.6. The number of pyridine rings is 1. The number of aryl methyl sites for hydroxylation is 8. The van der Waals surface area contributed by atoms with Crippen molar-refractivity contribution in [3.05, 3.63) is 263 Å². The first-order chi connectivity index (χ1) is 42.4. The van der Waals surface area contributed by atoms with Gasteiger partial charge >= 0.3 is 0 Å². The molecule has 0 amide bonds. The number of hydrogen-bond donors (Lipinski definition) is 0. The topological polar surface area (TPSA) is 61.3 Å². The van der Waals surface area contributed by atoms with Crippen LogP contribution < -0.4 is 0 Å². The van der Waals surface area contributed by atoms with Gasteiger partial charge in [-0.3, -0.25) is 4.98 Å². The maximum Gasteiger partial charge on any atom is 0.104 e. The Labute approximate surface area is 503 Å². The van der Waals surface area contributed by atoms with E-state index in [9.17, 15) is 5.26 Å². The molecule has 17 rings (SSSR count). The van der Waals surface area contributed by atoms with Crippen molar-refractivity contribution in [3.63, 3.8) is 0 Å². The van der Waals surface area contributed by atoms with Crippen molar-refractivity contribution in [1.29, 1.82) is 5.26 Å². The molecule has 0 atom stereocenters. The molecule has 7 nitrogen and oxygen atoms in total. The summed E-state index contributed by atoms with van der Waals surface area (Å²) in [6, 6.07) is 78.0. The zero-order valence-corrected chi connectivity index (χ0v) is 49.8. The van der Waals surface area contributed by atoms with Gasteiger partial charge in [0.2, 0.25) is 0 Å². The summed E-state index contributed by atoms with van der Waals surface area (Å²) in [5.74, 6) is 0. The minimum absolute atomic E-state index is 0.543. The lowest BCUT2D eigenvalue weighted by molar-refractivity contribution is 1.03. The first-order valence-corrected chi connectivity index (χ1v) is 30.1. The van der Waals surface area contributed by atoms with Gasteiger partial charge in [0.1, 0.15) is 11.6 Å². The lowest BCUT2D eigenvalue weighted by atomic mass is 9.93. The molecule has 87 heavy (non-hydrogen) atoms. The average molecular weight is 1120 g/mol. The van der Waals surface area contributed by atoms with Gasteiger partial charge in [-0.15, -0.1) is 0 Å². The summed E-state index contributed by atoms with van der Waals surface area (Å²) in [6.07, 6.45) is 3.87. The number of fused-ring (bicyclic) bond motifs is 15. The summed E-state index contributed by atoms with van der Waals surface area (Å²) in [5.41, 5.74) is 26.7. The van der Waals surface area contributed by atoms with Gasteiger partial charge in [0, 0.05) is 71.3 Å². The van der Waals surface area contributed by atoms with Crippen LogP contribution in [0.1, 0.15) is 50.1 Å². The van der Waals surface area contributed by atoms with Gasteiger partial charge in [-0.05, 0) is 182 Å². The number of para-hydroxylation sites is 1. The van der Waals surface area contributed by atoms with E-state index in [-0.39, 0.29) is 0 Å². The molecule has 17 aromatic rings. The minimum atomic E-state index is 0.543. The molecule has 0 radical (unpaired) electrons. The van der Waals surface area contributed by atoms with Crippen molar-refractivity contribution in [2.24, 2.45) is 0 Å². The fourth-order valence-electron chi connectivity index (χ4n) is 14.8. The predicted octanol–water partition coefficient (Wildman–Crippen LogP) is 20.6. The second kappa shape index (κ2) is 18.5. The maximum atomic E-state index is 13.2. The molecular formula is C80H59N7. The van der Waals surface area contributed by atoms with Crippen LogP contribution in [-0.2, 0) is 0 Å². The highest BCUT2D eigenvalue weighted by molar-refractivity contribution is 6.18. The molecule has 0 saturated heterocycles.